The molecule has 0 saturated carbocycles. The van der Waals surface area contributed by atoms with Crippen molar-refractivity contribution in [3.05, 3.63) is 21.3 Å². The van der Waals surface area contributed by atoms with Crippen molar-refractivity contribution in [3.8, 4) is 0 Å². The van der Waals surface area contributed by atoms with Gasteiger partial charge in [0.25, 0.3) is 5.91 Å². The van der Waals surface area contributed by atoms with Crippen LogP contribution in [0.2, 0.25) is 4.34 Å². The predicted molar refractivity (Wildman–Crippen MR) is 92.6 cm³/mol. The molecule has 7 nitrogen and oxygen atoms in total. The zero-order chi connectivity index (χ0) is 17.7. The Bertz CT molecular complexity index is 639. The minimum absolute atomic E-state index is 0.265. The molecule has 0 spiro atoms. The Labute approximate surface area is 149 Å². The first-order chi connectivity index (χ1) is 11.2. The minimum atomic E-state index is -0.664. The number of nitrogens with zero attached hydrogens (tertiary/aromatic N) is 1. The van der Waals surface area contributed by atoms with Crippen LogP contribution in [0.5, 0.6) is 0 Å². The number of nitrogens with one attached hydrogen (secondary N) is 2. The molecule has 1 aromatic heterocycles. The van der Waals surface area contributed by atoms with Crippen molar-refractivity contribution in [3.63, 3.8) is 0 Å². The van der Waals surface area contributed by atoms with Gasteiger partial charge in [-0.05, 0) is 32.9 Å². The van der Waals surface area contributed by atoms with Crippen LogP contribution in [0.25, 0.3) is 0 Å². The molecule has 0 saturated heterocycles. The third-order valence-electron chi connectivity index (χ3n) is 2.91. The number of ether oxygens (including phenoxy) is 1. The highest BCUT2D eigenvalue weighted by Crippen LogP contribution is 2.26. The molecule has 0 radical (unpaired) electrons. The molecule has 1 aliphatic heterocycles. The summed E-state index contributed by atoms with van der Waals surface area (Å²) in [7, 11) is 0. The molecule has 2 N–H and O–H groups in total. The summed E-state index contributed by atoms with van der Waals surface area (Å²) in [5, 5.41) is 9.19. The van der Waals surface area contributed by atoms with Gasteiger partial charge >= 0.3 is 6.09 Å². The number of alkyl carbamates (subject to hydrolysis) is 1. The first-order valence-corrected chi connectivity index (χ1v) is 8.67. The van der Waals surface area contributed by atoms with Crippen LogP contribution in [-0.4, -0.2) is 42.5 Å². The predicted octanol–water partition coefficient (Wildman–Crippen LogP) is 2.54. The van der Waals surface area contributed by atoms with Crippen LogP contribution >= 0.6 is 22.9 Å². The average Bonchev–Trinajstić information content (AvgIpc) is 3.10. The van der Waals surface area contributed by atoms with Crippen LogP contribution in [0.1, 0.15) is 32.1 Å². The normalized spacial score (nSPS) is 17.0. The third-order valence-corrected chi connectivity index (χ3v) is 4.19. The summed E-state index contributed by atoms with van der Waals surface area (Å²) in [6.07, 6.45) is -0.793. The molecule has 0 aliphatic carbocycles. The summed E-state index contributed by atoms with van der Waals surface area (Å²) < 4.78 is 5.76. The molecule has 2 rings (SSSR count). The van der Waals surface area contributed by atoms with Gasteiger partial charge in [0.1, 0.15) is 11.3 Å². The van der Waals surface area contributed by atoms with E-state index in [9.17, 15) is 9.59 Å². The highest BCUT2D eigenvalue weighted by Gasteiger charge is 2.29. The quantitative estimate of drug-likeness (QED) is 0.776. The highest BCUT2D eigenvalue weighted by molar-refractivity contribution is 7.18. The highest BCUT2D eigenvalue weighted by atomic mass is 35.5. The van der Waals surface area contributed by atoms with Crippen LogP contribution in [0.4, 0.5) is 4.79 Å². The van der Waals surface area contributed by atoms with Gasteiger partial charge in [0.05, 0.1) is 9.21 Å². The number of oxime groups is 1. The minimum Gasteiger partial charge on any atom is -0.444 e. The molecule has 1 aromatic rings. The molecule has 1 atom stereocenters. The Kier molecular flexibility index (Phi) is 6.06. The molecular formula is C15H20ClN3O4S. The number of hydrogen-bond donors (Lipinski definition) is 2. The number of amides is 2. The van der Waals surface area contributed by atoms with E-state index in [2.05, 4.69) is 15.8 Å². The Morgan fingerprint density at radius 1 is 1.38 bits per heavy atom. The summed E-state index contributed by atoms with van der Waals surface area (Å²) in [6, 6.07) is 3.63. The van der Waals surface area contributed by atoms with Gasteiger partial charge in [0.2, 0.25) is 6.10 Å². The smallest absolute Gasteiger partial charge is 0.407 e. The Morgan fingerprint density at radius 2 is 2.08 bits per heavy atom. The topological polar surface area (TPSA) is 89.0 Å². The van der Waals surface area contributed by atoms with Crippen LogP contribution < -0.4 is 10.6 Å². The number of halogens is 1. The zero-order valence-electron chi connectivity index (χ0n) is 13.7. The number of hydrogen-bond acceptors (Lipinski definition) is 6. The molecule has 2 heterocycles. The van der Waals surface area contributed by atoms with E-state index in [0.29, 0.717) is 16.5 Å². The lowest BCUT2D eigenvalue weighted by Gasteiger charge is -2.19. The second-order valence-corrected chi connectivity index (χ2v) is 7.87. The van der Waals surface area contributed by atoms with Gasteiger partial charge in [0.15, 0.2) is 0 Å². The van der Waals surface area contributed by atoms with Crippen molar-refractivity contribution in [2.75, 3.05) is 13.1 Å². The largest absolute Gasteiger partial charge is 0.444 e. The maximum Gasteiger partial charge on any atom is 0.407 e. The van der Waals surface area contributed by atoms with Gasteiger partial charge in [-0.15, -0.1) is 11.3 Å². The Balaban J connectivity index is 1.67. The second kappa shape index (κ2) is 7.85. The van der Waals surface area contributed by atoms with E-state index in [4.69, 9.17) is 21.2 Å². The van der Waals surface area contributed by atoms with Crippen molar-refractivity contribution >= 4 is 40.6 Å². The monoisotopic (exact) mass is 373 g/mol. The van der Waals surface area contributed by atoms with Gasteiger partial charge in [-0.25, -0.2) is 4.79 Å². The van der Waals surface area contributed by atoms with Crippen LogP contribution in [0.15, 0.2) is 17.3 Å². The van der Waals surface area contributed by atoms with Crippen molar-refractivity contribution in [1.29, 1.82) is 0 Å². The summed E-state index contributed by atoms with van der Waals surface area (Å²) in [5.41, 5.74) is 0.155. The Hall–Kier alpha value is -1.80. The standard InChI is InChI=1S/C15H20ClN3O4S/c1-15(2,3)22-14(21)18-7-6-17-13(20)10-8-9(19-23-10)11-4-5-12(16)24-11/h4-5,10H,6-8H2,1-3H3,(H,17,20)(H,18,21). The molecule has 0 fully saturated rings. The summed E-state index contributed by atoms with van der Waals surface area (Å²) in [6.45, 7) is 5.89. The molecule has 1 aliphatic rings. The van der Waals surface area contributed by atoms with E-state index in [1.807, 2.05) is 6.07 Å². The fraction of sp³-hybridized carbons (Fsp3) is 0.533. The third kappa shape index (κ3) is 5.68. The first kappa shape index (κ1) is 18.5. The lowest BCUT2D eigenvalue weighted by Crippen LogP contribution is -2.41. The molecule has 1 unspecified atom stereocenters. The average molecular weight is 374 g/mol. The van der Waals surface area contributed by atoms with E-state index < -0.39 is 17.8 Å². The van der Waals surface area contributed by atoms with E-state index in [1.165, 1.54) is 11.3 Å². The van der Waals surface area contributed by atoms with Gasteiger partial charge in [-0.2, -0.15) is 0 Å². The van der Waals surface area contributed by atoms with E-state index in [-0.39, 0.29) is 19.0 Å². The fourth-order valence-electron chi connectivity index (χ4n) is 1.91. The number of carbonyl (C=O) groups is 2. The van der Waals surface area contributed by atoms with Gasteiger partial charge < -0.3 is 20.2 Å². The summed E-state index contributed by atoms with van der Waals surface area (Å²) >= 11 is 7.28. The fourth-order valence-corrected chi connectivity index (χ4v) is 2.94. The molecule has 2 amide bonds. The lowest BCUT2D eigenvalue weighted by molar-refractivity contribution is -0.131. The zero-order valence-corrected chi connectivity index (χ0v) is 15.3. The molecule has 9 heteroatoms. The van der Waals surface area contributed by atoms with Gasteiger partial charge in [-0.3, -0.25) is 4.79 Å². The summed E-state index contributed by atoms with van der Waals surface area (Å²) in [5.74, 6) is -0.276. The lowest BCUT2D eigenvalue weighted by atomic mass is 10.1. The van der Waals surface area contributed by atoms with Crippen molar-refractivity contribution in [1.82, 2.24) is 10.6 Å². The van der Waals surface area contributed by atoms with Crippen molar-refractivity contribution < 1.29 is 19.2 Å². The first-order valence-electron chi connectivity index (χ1n) is 7.47. The molecule has 0 bridgehead atoms. The van der Waals surface area contributed by atoms with E-state index in [1.54, 1.807) is 26.8 Å². The van der Waals surface area contributed by atoms with Crippen molar-refractivity contribution in [2.24, 2.45) is 5.16 Å². The van der Waals surface area contributed by atoms with Crippen LogP contribution in [-0.2, 0) is 14.4 Å². The number of thiophene rings is 1. The molecule has 24 heavy (non-hydrogen) atoms. The SMILES string of the molecule is CC(C)(C)OC(=O)NCCNC(=O)C1CC(c2ccc(Cl)s2)=NO1. The second-order valence-electron chi connectivity index (χ2n) is 6.16. The maximum absolute atomic E-state index is 12.0. The molecular weight excluding hydrogens is 354 g/mol. The molecule has 0 aromatic carbocycles. The van der Waals surface area contributed by atoms with Crippen molar-refractivity contribution in [2.45, 2.75) is 38.9 Å². The van der Waals surface area contributed by atoms with Crippen LogP contribution in [0, 0.1) is 0 Å². The Morgan fingerprint density at radius 3 is 2.71 bits per heavy atom. The van der Waals surface area contributed by atoms with E-state index in [0.717, 1.165) is 4.88 Å². The van der Waals surface area contributed by atoms with Crippen LogP contribution in [0.3, 0.4) is 0 Å². The number of rotatable bonds is 5. The summed E-state index contributed by atoms with van der Waals surface area (Å²) in [4.78, 5) is 29.5. The van der Waals surface area contributed by atoms with Gasteiger partial charge in [-0.1, -0.05) is 16.8 Å². The maximum atomic E-state index is 12.0. The molecule has 132 valence electrons. The van der Waals surface area contributed by atoms with E-state index >= 15 is 0 Å². The number of carbonyl (C=O) groups excluding carboxylic acids is 2. The van der Waals surface area contributed by atoms with Gasteiger partial charge in [0, 0.05) is 19.5 Å².